The predicted octanol–water partition coefficient (Wildman–Crippen LogP) is 4.00. The summed E-state index contributed by atoms with van der Waals surface area (Å²) in [6.07, 6.45) is 5.45. The fourth-order valence-electron chi connectivity index (χ4n) is 3.48. The first-order chi connectivity index (χ1) is 14.7. The monoisotopic (exact) mass is 423 g/mol. The third-order valence-electron chi connectivity index (χ3n) is 5.07. The molecule has 0 bridgehead atoms. The quantitative estimate of drug-likeness (QED) is 0.579. The van der Waals surface area contributed by atoms with Crippen LogP contribution in [0.4, 0.5) is 11.4 Å². The van der Waals surface area contributed by atoms with Crippen molar-refractivity contribution in [1.29, 1.82) is 0 Å². The van der Waals surface area contributed by atoms with E-state index in [1.165, 1.54) is 36.7 Å². The maximum Gasteiger partial charge on any atom is 0.234 e. The van der Waals surface area contributed by atoms with Crippen molar-refractivity contribution in [2.75, 3.05) is 36.2 Å². The fourth-order valence-corrected chi connectivity index (χ4v) is 4.21. The zero-order valence-corrected chi connectivity index (χ0v) is 17.8. The van der Waals surface area contributed by atoms with E-state index in [0.717, 1.165) is 30.2 Å². The highest BCUT2D eigenvalue weighted by Gasteiger charge is 2.12. The van der Waals surface area contributed by atoms with Crippen molar-refractivity contribution in [3.05, 3.63) is 54.9 Å². The number of carbonyl (C=O) groups excluding carboxylic acids is 1. The largest absolute Gasteiger partial charge is 0.497 e. The Hall–Kier alpha value is -3.00. The van der Waals surface area contributed by atoms with Crippen molar-refractivity contribution in [2.24, 2.45) is 0 Å². The average molecular weight is 424 g/mol. The number of rotatable bonds is 7. The molecule has 4 rings (SSSR count). The number of amides is 1. The lowest BCUT2D eigenvalue weighted by Gasteiger charge is -2.28. The molecule has 8 heteroatoms. The van der Waals surface area contributed by atoms with Crippen LogP contribution >= 0.6 is 11.8 Å². The number of methoxy groups -OCH3 is 1. The van der Waals surface area contributed by atoms with Gasteiger partial charge in [-0.15, -0.1) is 10.2 Å². The predicted molar refractivity (Wildman–Crippen MR) is 120 cm³/mol. The number of ether oxygens (including phenoxy) is 1. The first kappa shape index (κ1) is 20.3. The Labute approximate surface area is 180 Å². The molecule has 3 aromatic rings. The number of benzene rings is 2. The van der Waals surface area contributed by atoms with Crippen LogP contribution in [0.5, 0.6) is 5.75 Å². The molecule has 156 valence electrons. The van der Waals surface area contributed by atoms with Gasteiger partial charge in [-0.25, -0.2) is 0 Å². The summed E-state index contributed by atoms with van der Waals surface area (Å²) in [5, 5.41) is 11.7. The van der Waals surface area contributed by atoms with E-state index in [4.69, 9.17) is 4.74 Å². The molecular formula is C22H25N5O2S. The number of hydrogen-bond donors (Lipinski definition) is 1. The molecule has 2 aromatic carbocycles. The van der Waals surface area contributed by atoms with Crippen molar-refractivity contribution >= 4 is 29.0 Å². The number of carbonyl (C=O) groups is 1. The van der Waals surface area contributed by atoms with Crippen molar-refractivity contribution < 1.29 is 9.53 Å². The number of thioether (sulfide) groups is 1. The van der Waals surface area contributed by atoms with Gasteiger partial charge >= 0.3 is 0 Å². The Kier molecular flexibility index (Phi) is 6.53. The summed E-state index contributed by atoms with van der Waals surface area (Å²) in [5.41, 5.74) is 2.93. The van der Waals surface area contributed by atoms with Crippen LogP contribution in [0.15, 0.2) is 60.0 Å². The lowest BCUT2D eigenvalue weighted by Crippen LogP contribution is -2.29. The van der Waals surface area contributed by atoms with E-state index in [9.17, 15) is 4.79 Å². The molecule has 1 amide bonds. The van der Waals surface area contributed by atoms with Gasteiger partial charge in [-0.05, 0) is 67.8 Å². The molecule has 0 spiro atoms. The number of nitrogens with zero attached hydrogens (tertiary/aromatic N) is 4. The van der Waals surface area contributed by atoms with E-state index in [1.54, 1.807) is 13.4 Å². The summed E-state index contributed by atoms with van der Waals surface area (Å²) < 4.78 is 7.04. The van der Waals surface area contributed by atoms with E-state index in [1.807, 2.05) is 41.0 Å². The molecule has 0 radical (unpaired) electrons. The number of piperidine rings is 1. The van der Waals surface area contributed by atoms with Crippen molar-refractivity contribution in [3.63, 3.8) is 0 Å². The zero-order valence-electron chi connectivity index (χ0n) is 17.0. The summed E-state index contributed by atoms with van der Waals surface area (Å²) in [6.45, 7) is 2.22. The van der Waals surface area contributed by atoms with Crippen LogP contribution in [0.25, 0.3) is 5.69 Å². The molecule has 1 aliphatic heterocycles. The van der Waals surface area contributed by atoms with E-state index >= 15 is 0 Å². The molecule has 0 unspecified atom stereocenters. The minimum atomic E-state index is -0.0741. The van der Waals surface area contributed by atoms with Crippen LogP contribution in [0.3, 0.4) is 0 Å². The summed E-state index contributed by atoms with van der Waals surface area (Å²) in [7, 11) is 1.63. The van der Waals surface area contributed by atoms with Gasteiger partial charge in [0.05, 0.1) is 12.9 Å². The molecule has 1 aliphatic rings. The number of anilines is 2. The average Bonchev–Trinajstić information content (AvgIpc) is 3.27. The molecule has 0 atom stereocenters. The second kappa shape index (κ2) is 9.67. The Bertz CT molecular complexity index is 966. The SMILES string of the molecule is COc1ccc(-n2cnnc2SCC(=O)Nc2ccc(N3CCCCC3)cc2)cc1. The van der Waals surface area contributed by atoms with Gasteiger partial charge in [0.15, 0.2) is 5.16 Å². The number of nitrogens with one attached hydrogen (secondary N) is 1. The lowest BCUT2D eigenvalue weighted by atomic mass is 10.1. The van der Waals surface area contributed by atoms with Crippen molar-refractivity contribution in [3.8, 4) is 11.4 Å². The Morgan fingerprint density at radius 2 is 1.73 bits per heavy atom. The molecule has 1 saturated heterocycles. The maximum absolute atomic E-state index is 12.4. The van der Waals surface area contributed by atoms with Crippen LogP contribution in [0.1, 0.15) is 19.3 Å². The minimum Gasteiger partial charge on any atom is -0.497 e. The summed E-state index contributed by atoms with van der Waals surface area (Å²) in [5.74, 6) is 0.963. The summed E-state index contributed by atoms with van der Waals surface area (Å²) >= 11 is 1.35. The van der Waals surface area contributed by atoms with Crippen LogP contribution in [0, 0.1) is 0 Å². The molecule has 0 saturated carbocycles. The van der Waals surface area contributed by atoms with Crippen molar-refractivity contribution in [2.45, 2.75) is 24.4 Å². The molecule has 7 nitrogen and oxygen atoms in total. The van der Waals surface area contributed by atoms with Crippen LogP contribution in [0.2, 0.25) is 0 Å². The molecule has 1 N–H and O–H groups in total. The topological polar surface area (TPSA) is 72.3 Å². The third-order valence-corrected chi connectivity index (χ3v) is 6.01. The third kappa shape index (κ3) is 4.94. The van der Waals surface area contributed by atoms with E-state index in [0.29, 0.717) is 5.16 Å². The Morgan fingerprint density at radius 1 is 1.03 bits per heavy atom. The smallest absolute Gasteiger partial charge is 0.234 e. The van der Waals surface area contributed by atoms with Crippen LogP contribution < -0.4 is 15.0 Å². The highest BCUT2D eigenvalue weighted by molar-refractivity contribution is 7.99. The molecule has 0 aliphatic carbocycles. The second-order valence-corrected chi connectivity index (χ2v) is 8.06. The Morgan fingerprint density at radius 3 is 2.43 bits per heavy atom. The summed E-state index contributed by atoms with van der Waals surface area (Å²) in [6, 6.07) is 15.7. The minimum absolute atomic E-state index is 0.0741. The lowest BCUT2D eigenvalue weighted by molar-refractivity contribution is -0.113. The van der Waals surface area contributed by atoms with Gasteiger partial charge in [-0.2, -0.15) is 0 Å². The van der Waals surface area contributed by atoms with Gasteiger partial charge in [-0.3, -0.25) is 9.36 Å². The Balaban J connectivity index is 1.32. The van der Waals surface area contributed by atoms with E-state index < -0.39 is 0 Å². The van der Waals surface area contributed by atoms with Gasteiger partial charge in [0.1, 0.15) is 12.1 Å². The van der Waals surface area contributed by atoms with Gasteiger partial charge in [0, 0.05) is 30.2 Å². The molecule has 2 heterocycles. The molecule has 1 fully saturated rings. The summed E-state index contributed by atoms with van der Waals surface area (Å²) in [4.78, 5) is 14.8. The van der Waals surface area contributed by atoms with Crippen LogP contribution in [-0.2, 0) is 4.79 Å². The van der Waals surface area contributed by atoms with Gasteiger partial charge < -0.3 is 15.0 Å². The first-order valence-electron chi connectivity index (χ1n) is 10.0. The highest BCUT2D eigenvalue weighted by atomic mass is 32.2. The van der Waals surface area contributed by atoms with Gasteiger partial charge in [0.25, 0.3) is 0 Å². The fraction of sp³-hybridized carbons (Fsp3) is 0.318. The van der Waals surface area contributed by atoms with Crippen LogP contribution in [-0.4, -0.2) is 46.6 Å². The number of aromatic nitrogens is 3. The standard InChI is InChI=1S/C22H25N5O2S/c1-29-20-11-9-19(10-12-20)27-16-23-25-22(27)30-15-21(28)24-17-5-7-18(8-6-17)26-13-3-2-4-14-26/h5-12,16H,2-4,13-15H2,1H3,(H,24,28). The number of hydrogen-bond acceptors (Lipinski definition) is 6. The molecular weight excluding hydrogens is 398 g/mol. The van der Waals surface area contributed by atoms with Gasteiger partial charge in [-0.1, -0.05) is 11.8 Å². The van der Waals surface area contributed by atoms with E-state index in [2.05, 4.69) is 32.5 Å². The van der Waals surface area contributed by atoms with E-state index in [-0.39, 0.29) is 11.7 Å². The maximum atomic E-state index is 12.4. The van der Waals surface area contributed by atoms with Crippen molar-refractivity contribution in [1.82, 2.24) is 14.8 Å². The molecule has 30 heavy (non-hydrogen) atoms. The first-order valence-corrected chi connectivity index (χ1v) is 11.0. The highest BCUT2D eigenvalue weighted by Crippen LogP contribution is 2.23. The normalized spacial score (nSPS) is 13.8. The van der Waals surface area contributed by atoms with Gasteiger partial charge in [0.2, 0.25) is 5.91 Å². The second-order valence-electron chi connectivity index (χ2n) is 7.11. The zero-order chi connectivity index (χ0) is 20.8. The molecule has 1 aromatic heterocycles.